The van der Waals surface area contributed by atoms with E-state index in [1.165, 1.54) is 4.31 Å². The molecule has 5 rings (SSSR count). The molecule has 1 amide bonds. The molecule has 2 heterocycles. The lowest BCUT2D eigenvalue weighted by Crippen LogP contribution is -2.40. The molecule has 1 atom stereocenters. The number of benzene rings is 2. The lowest BCUT2D eigenvalue weighted by molar-refractivity contribution is -0.122. The number of hydrogen-bond donors (Lipinski definition) is 1. The molecular formula is C26H32N4O4S. The summed E-state index contributed by atoms with van der Waals surface area (Å²) in [5, 5.41) is 3.23. The van der Waals surface area contributed by atoms with E-state index in [1.807, 2.05) is 31.2 Å². The first-order valence-electron chi connectivity index (χ1n) is 12.4. The number of amides is 1. The number of carbonyl (C=O) groups excluding carboxylic acids is 1. The molecule has 35 heavy (non-hydrogen) atoms. The third kappa shape index (κ3) is 5.12. The fourth-order valence-corrected chi connectivity index (χ4v) is 6.26. The number of hydrogen-bond acceptors (Lipinski definition) is 5. The Morgan fingerprint density at radius 2 is 1.89 bits per heavy atom. The highest BCUT2D eigenvalue weighted by Gasteiger charge is 2.33. The molecule has 1 aromatic heterocycles. The van der Waals surface area contributed by atoms with Crippen LogP contribution in [0.4, 0.5) is 0 Å². The van der Waals surface area contributed by atoms with Crippen molar-refractivity contribution < 1.29 is 17.9 Å². The van der Waals surface area contributed by atoms with Crippen LogP contribution >= 0.6 is 0 Å². The predicted octanol–water partition coefficient (Wildman–Crippen LogP) is 3.28. The van der Waals surface area contributed by atoms with Crippen molar-refractivity contribution in [3.63, 3.8) is 0 Å². The van der Waals surface area contributed by atoms with Gasteiger partial charge in [-0.15, -0.1) is 0 Å². The topological polar surface area (TPSA) is 93.5 Å². The number of aryl methyl sites for hydroxylation is 2. The van der Waals surface area contributed by atoms with Crippen molar-refractivity contribution >= 4 is 27.0 Å². The molecule has 1 aliphatic heterocycles. The first kappa shape index (κ1) is 24.0. The quantitative estimate of drug-likeness (QED) is 0.491. The van der Waals surface area contributed by atoms with Gasteiger partial charge in [0.25, 0.3) is 0 Å². The number of rotatable bonds is 9. The summed E-state index contributed by atoms with van der Waals surface area (Å²) in [6.07, 6.45) is 3.10. The molecular weight excluding hydrogens is 464 g/mol. The molecule has 1 saturated heterocycles. The summed E-state index contributed by atoms with van der Waals surface area (Å²) in [6.45, 7) is 4.25. The number of nitrogens with zero attached hydrogens (tertiary/aromatic N) is 3. The molecule has 0 unspecified atom stereocenters. The van der Waals surface area contributed by atoms with E-state index in [-0.39, 0.29) is 16.8 Å². The van der Waals surface area contributed by atoms with Gasteiger partial charge in [0.2, 0.25) is 15.9 Å². The van der Waals surface area contributed by atoms with Crippen molar-refractivity contribution in [2.75, 3.05) is 26.3 Å². The Morgan fingerprint density at radius 1 is 1.14 bits per heavy atom. The maximum Gasteiger partial charge on any atom is 0.243 e. The van der Waals surface area contributed by atoms with Crippen LogP contribution in [0.3, 0.4) is 0 Å². The van der Waals surface area contributed by atoms with Gasteiger partial charge in [-0.1, -0.05) is 30.3 Å². The Hall–Kier alpha value is -2.75. The Bertz CT molecular complexity index is 1300. The van der Waals surface area contributed by atoms with Gasteiger partial charge in [0.05, 0.1) is 35.2 Å². The molecule has 2 aromatic carbocycles. The van der Waals surface area contributed by atoms with Crippen LogP contribution in [-0.4, -0.2) is 54.5 Å². The number of fused-ring (bicyclic) bond motifs is 1. The van der Waals surface area contributed by atoms with E-state index in [4.69, 9.17) is 9.72 Å². The summed E-state index contributed by atoms with van der Waals surface area (Å²) in [5.74, 6) is 1.31. The zero-order chi connectivity index (χ0) is 24.4. The Morgan fingerprint density at radius 3 is 2.57 bits per heavy atom. The Balaban J connectivity index is 1.31. The van der Waals surface area contributed by atoms with Crippen molar-refractivity contribution in [1.29, 1.82) is 0 Å². The van der Waals surface area contributed by atoms with Crippen LogP contribution in [0, 0.1) is 5.92 Å². The number of carbonyl (C=O) groups is 1. The first-order valence-corrected chi connectivity index (χ1v) is 13.8. The third-order valence-electron chi connectivity index (χ3n) is 6.87. The zero-order valence-corrected chi connectivity index (χ0v) is 20.8. The molecule has 1 N–H and O–H groups in total. The summed E-state index contributed by atoms with van der Waals surface area (Å²) >= 11 is 0. The van der Waals surface area contributed by atoms with Crippen molar-refractivity contribution in [3.8, 4) is 0 Å². The maximum absolute atomic E-state index is 13.1. The van der Waals surface area contributed by atoms with Gasteiger partial charge < -0.3 is 14.6 Å². The number of sulfonamides is 1. The second kappa shape index (κ2) is 10.1. The summed E-state index contributed by atoms with van der Waals surface area (Å²) in [7, 11) is -3.59. The molecule has 0 bridgehead atoms. The fraction of sp³-hybridized carbons (Fsp3) is 0.462. The van der Waals surface area contributed by atoms with Gasteiger partial charge in [0.1, 0.15) is 5.82 Å². The normalized spacial score (nSPS) is 18.0. The van der Waals surface area contributed by atoms with Crippen LogP contribution in [0.2, 0.25) is 0 Å². The molecule has 186 valence electrons. The summed E-state index contributed by atoms with van der Waals surface area (Å²) in [6, 6.07) is 15.3. The SMILES string of the molecule is CCn1c(CCC(=O)N[C@H](c2ccccc2)C2CC2)nc2cc(S(=O)(=O)N3CCOCC3)ccc21. The van der Waals surface area contributed by atoms with Crippen molar-refractivity contribution in [1.82, 2.24) is 19.2 Å². The number of ether oxygens (including phenoxy) is 1. The van der Waals surface area contributed by atoms with E-state index < -0.39 is 10.0 Å². The van der Waals surface area contributed by atoms with Gasteiger partial charge in [0.15, 0.2) is 0 Å². The van der Waals surface area contributed by atoms with E-state index >= 15 is 0 Å². The largest absolute Gasteiger partial charge is 0.379 e. The van der Waals surface area contributed by atoms with Crippen LogP contribution in [0.5, 0.6) is 0 Å². The van der Waals surface area contributed by atoms with Crippen LogP contribution in [0.25, 0.3) is 11.0 Å². The minimum absolute atomic E-state index is 0.0102. The smallest absolute Gasteiger partial charge is 0.243 e. The molecule has 0 spiro atoms. The molecule has 0 radical (unpaired) electrons. The average molecular weight is 497 g/mol. The predicted molar refractivity (Wildman–Crippen MR) is 133 cm³/mol. The van der Waals surface area contributed by atoms with Gasteiger partial charge in [-0.25, -0.2) is 13.4 Å². The lowest BCUT2D eigenvalue weighted by atomic mass is 10.0. The molecule has 1 aliphatic carbocycles. The molecule has 2 aliphatic rings. The zero-order valence-electron chi connectivity index (χ0n) is 20.0. The monoisotopic (exact) mass is 496 g/mol. The van der Waals surface area contributed by atoms with Gasteiger partial charge in [0, 0.05) is 32.5 Å². The molecule has 9 heteroatoms. The van der Waals surface area contributed by atoms with Crippen molar-refractivity contribution in [2.24, 2.45) is 5.92 Å². The van der Waals surface area contributed by atoms with Crippen molar-refractivity contribution in [2.45, 2.75) is 50.1 Å². The standard InChI is InChI=1S/C26H32N4O4S/c1-2-30-23-11-10-21(35(32,33)29-14-16-34-17-15-29)18-22(23)27-24(30)12-13-25(31)28-26(20-8-9-20)19-6-4-3-5-7-19/h3-7,10-11,18,20,26H,2,8-9,12-17H2,1H3,(H,28,31)/t26-/m1/s1. The molecule has 1 saturated carbocycles. The Labute approximate surface area is 206 Å². The van der Waals surface area contributed by atoms with Crippen LogP contribution in [0.15, 0.2) is 53.4 Å². The van der Waals surface area contributed by atoms with Crippen LogP contribution in [-0.2, 0) is 32.5 Å². The van der Waals surface area contributed by atoms with Crippen molar-refractivity contribution in [3.05, 3.63) is 59.9 Å². The highest BCUT2D eigenvalue weighted by Crippen LogP contribution is 2.41. The van der Waals surface area contributed by atoms with Gasteiger partial charge >= 0.3 is 0 Å². The van der Waals surface area contributed by atoms with Crippen LogP contribution < -0.4 is 5.32 Å². The third-order valence-corrected chi connectivity index (χ3v) is 8.76. The minimum atomic E-state index is -3.59. The van der Waals surface area contributed by atoms with Gasteiger partial charge in [-0.3, -0.25) is 4.79 Å². The van der Waals surface area contributed by atoms with E-state index in [0.29, 0.717) is 57.1 Å². The van der Waals surface area contributed by atoms with Gasteiger partial charge in [-0.2, -0.15) is 4.31 Å². The minimum Gasteiger partial charge on any atom is -0.379 e. The summed E-state index contributed by atoms with van der Waals surface area (Å²) < 4.78 is 35.0. The second-order valence-electron chi connectivity index (χ2n) is 9.23. The summed E-state index contributed by atoms with van der Waals surface area (Å²) in [4.78, 5) is 17.8. The Kier molecular flexibility index (Phi) is 6.91. The number of aromatic nitrogens is 2. The number of nitrogens with one attached hydrogen (secondary N) is 1. The number of imidazole rings is 1. The maximum atomic E-state index is 13.1. The fourth-order valence-electron chi connectivity index (χ4n) is 4.83. The highest BCUT2D eigenvalue weighted by atomic mass is 32.2. The lowest BCUT2D eigenvalue weighted by Gasteiger charge is -2.26. The summed E-state index contributed by atoms with van der Waals surface area (Å²) in [5.41, 5.74) is 2.67. The average Bonchev–Trinajstić information content (AvgIpc) is 3.67. The molecule has 2 fully saturated rings. The van der Waals surface area contributed by atoms with Gasteiger partial charge in [-0.05, 0) is 49.4 Å². The highest BCUT2D eigenvalue weighted by molar-refractivity contribution is 7.89. The van der Waals surface area contributed by atoms with Crippen LogP contribution in [0.1, 0.15) is 43.6 Å². The molecule has 3 aromatic rings. The van der Waals surface area contributed by atoms with E-state index in [1.54, 1.807) is 12.1 Å². The number of morpholine rings is 1. The van der Waals surface area contributed by atoms with E-state index in [9.17, 15) is 13.2 Å². The van der Waals surface area contributed by atoms with E-state index in [0.717, 1.165) is 29.7 Å². The second-order valence-corrected chi connectivity index (χ2v) is 11.2. The first-order chi connectivity index (χ1) is 17.0. The van der Waals surface area contributed by atoms with E-state index in [2.05, 4.69) is 22.0 Å². The molecule has 8 nitrogen and oxygen atoms in total.